The van der Waals surface area contributed by atoms with Gasteiger partial charge in [-0.15, -0.1) is 0 Å². The number of benzene rings is 2. The van der Waals surface area contributed by atoms with E-state index in [1.54, 1.807) is 48.5 Å². The summed E-state index contributed by atoms with van der Waals surface area (Å²) < 4.78 is 15.0. The van der Waals surface area contributed by atoms with Crippen LogP contribution < -0.4 is 4.74 Å². The molecule has 2 aromatic carbocycles. The predicted octanol–water partition coefficient (Wildman–Crippen LogP) is 2.84. The zero-order chi connectivity index (χ0) is 15.9. The Morgan fingerprint density at radius 1 is 0.909 bits per heavy atom. The molecule has 0 amide bonds. The van der Waals surface area contributed by atoms with Crippen molar-refractivity contribution in [2.75, 3.05) is 14.2 Å². The summed E-state index contributed by atoms with van der Waals surface area (Å²) in [5, 5.41) is 0. The smallest absolute Gasteiger partial charge is 0.342 e. The highest BCUT2D eigenvalue weighted by atomic mass is 16.5. The van der Waals surface area contributed by atoms with Crippen molar-refractivity contribution in [2.24, 2.45) is 0 Å². The van der Waals surface area contributed by atoms with Gasteiger partial charge in [-0.1, -0.05) is 24.3 Å². The van der Waals surface area contributed by atoms with Crippen molar-refractivity contribution in [3.05, 3.63) is 65.2 Å². The van der Waals surface area contributed by atoms with Gasteiger partial charge in [0.2, 0.25) is 0 Å². The molecule has 5 nitrogen and oxygen atoms in total. The van der Waals surface area contributed by atoms with E-state index < -0.39 is 11.9 Å². The summed E-state index contributed by atoms with van der Waals surface area (Å²) >= 11 is 0. The second-order valence-electron chi connectivity index (χ2n) is 4.46. The lowest BCUT2D eigenvalue weighted by Gasteiger charge is -2.08. The fraction of sp³-hybridized carbons (Fsp3) is 0.176. The van der Waals surface area contributed by atoms with Gasteiger partial charge >= 0.3 is 11.9 Å². The van der Waals surface area contributed by atoms with E-state index >= 15 is 0 Å². The lowest BCUT2D eigenvalue weighted by atomic mass is 10.1. The van der Waals surface area contributed by atoms with Crippen molar-refractivity contribution in [2.45, 2.75) is 6.61 Å². The molecule has 0 spiro atoms. The van der Waals surface area contributed by atoms with E-state index in [1.165, 1.54) is 14.2 Å². The summed E-state index contributed by atoms with van der Waals surface area (Å²) in [5.74, 6) is -0.402. The highest BCUT2D eigenvalue weighted by Crippen LogP contribution is 2.19. The normalized spacial score (nSPS) is 9.91. The van der Waals surface area contributed by atoms with Crippen molar-refractivity contribution in [1.82, 2.24) is 0 Å². The van der Waals surface area contributed by atoms with Gasteiger partial charge in [-0.2, -0.15) is 0 Å². The zero-order valence-electron chi connectivity index (χ0n) is 12.4. The van der Waals surface area contributed by atoms with Crippen molar-refractivity contribution in [1.29, 1.82) is 0 Å². The van der Waals surface area contributed by atoms with Gasteiger partial charge in [0.25, 0.3) is 0 Å². The maximum Gasteiger partial charge on any atom is 0.342 e. The van der Waals surface area contributed by atoms with E-state index in [9.17, 15) is 9.59 Å². The molecule has 0 bridgehead atoms. The van der Waals surface area contributed by atoms with Gasteiger partial charge in [-0.05, 0) is 29.8 Å². The van der Waals surface area contributed by atoms with Crippen LogP contribution in [0.4, 0.5) is 0 Å². The van der Waals surface area contributed by atoms with Crippen molar-refractivity contribution >= 4 is 11.9 Å². The number of rotatable bonds is 5. The first-order valence-corrected chi connectivity index (χ1v) is 6.63. The lowest BCUT2D eigenvalue weighted by Crippen LogP contribution is -2.07. The molecular weight excluding hydrogens is 284 g/mol. The average molecular weight is 300 g/mol. The molecule has 0 radical (unpaired) electrons. The first kappa shape index (κ1) is 15.6. The third-order valence-corrected chi connectivity index (χ3v) is 3.07. The Morgan fingerprint density at radius 3 is 2.23 bits per heavy atom. The minimum absolute atomic E-state index is 0.109. The van der Waals surface area contributed by atoms with Crippen LogP contribution in [0.5, 0.6) is 5.75 Å². The molecule has 114 valence electrons. The number of carbonyl (C=O) groups excluding carboxylic acids is 2. The molecule has 0 aliphatic carbocycles. The SMILES string of the molecule is COC(=O)c1ccc(COC(=O)c2ccccc2OC)cc1. The van der Waals surface area contributed by atoms with Crippen LogP contribution in [-0.2, 0) is 16.1 Å². The van der Waals surface area contributed by atoms with Gasteiger partial charge in [0.15, 0.2) is 0 Å². The fourth-order valence-corrected chi connectivity index (χ4v) is 1.89. The highest BCUT2D eigenvalue weighted by molar-refractivity contribution is 5.92. The van der Waals surface area contributed by atoms with Crippen LogP contribution >= 0.6 is 0 Å². The molecule has 0 atom stereocenters. The molecule has 0 aliphatic rings. The maximum atomic E-state index is 12.0. The summed E-state index contributed by atoms with van der Waals surface area (Å²) in [6.45, 7) is 0.109. The largest absolute Gasteiger partial charge is 0.496 e. The summed E-state index contributed by atoms with van der Waals surface area (Å²) in [5.41, 5.74) is 1.59. The van der Waals surface area contributed by atoms with E-state index in [2.05, 4.69) is 4.74 Å². The summed E-state index contributed by atoms with van der Waals surface area (Å²) in [6.07, 6.45) is 0. The van der Waals surface area contributed by atoms with Crippen LogP contribution in [0.2, 0.25) is 0 Å². The van der Waals surface area contributed by atoms with Crippen LogP contribution in [0.15, 0.2) is 48.5 Å². The van der Waals surface area contributed by atoms with E-state index in [-0.39, 0.29) is 6.61 Å². The summed E-state index contributed by atoms with van der Waals surface area (Å²) in [4.78, 5) is 23.4. The van der Waals surface area contributed by atoms with E-state index in [0.717, 1.165) is 5.56 Å². The number of ether oxygens (including phenoxy) is 3. The second kappa shape index (κ2) is 7.26. The van der Waals surface area contributed by atoms with E-state index in [1.807, 2.05) is 0 Å². The maximum absolute atomic E-state index is 12.0. The Labute approximate surface area is 128 Å². The van der Waals surface area contributed by atoms with Crippen molar-refractivity contribution < 1.29 is 23.8 Å². The molecule has 0 fully saturated rings. The molecule has 22 heavy (non-hydrogen) atoms. The van der Waals surface area contributed by atoms with Crippen molar-refractivity contribution in [3.63, 3.8) is 0 Å². The van der Waals surface area contributed by atoms with Gasteiger partial charge in [0.1, 0.15) is 17.9 Å². The summed E-state index contributed by atoms with van der Waals surface area (Å²) in [7, 11) is 2.82. The van der Waals surface area contributed by atoms with Crippen LogP contribution in [-0.4, -0.2) is 26.2 Å². The molecule has 2 aromatic rings. The monoisotopic (exact) mass is 300 g/mol. The Balaban J connectivity index is 2.00. The van der Waals surface area contributed by atoms with E-state index in [0.29, 0.717) is 16.9 Å². The molecule has 0 aromatic heterocycles. The molecule has 0 saturated carbocycles. The van der Waals surface area contributed by atoms with E-state index in [4.69, 9.17) is 9.47 Å². The minimum Gasteiger partial charge on any atom is -0.496 e. The quantitative estimate of drug-likeness (QED) is 0.795. The molecule has 0 N–H and O–H groups in total. The first-order valence-electron chi connectivity index (χ1n) is 6.63. The Morgan fingerprint density at radius 2 is 1.59 bits per heavy atom. The molecule has 5 heteroatoms. The van der Waals surface area contributed by atoms with Gasteiger partial charge in [-0.3, -0.25) is 0 Å². The van der Waals surface area contributed by atoms with Crippen LogP contribution in [0, 0.1) is 0 Å². The minimum atomic E-state index is -0.463. The van der Waals surface area contributed by atoms with Gasteiger partial charge in [-0.25, -0.2) is 9.59 Å². The first-order chi connectivity index (χ1) is 10.7. The molecule has 2 rings (SSSR count). The topological polar surface area (TPSA) is 61.8 Å². The predicted molar refractivity (Wildman–Crippen MR) is 79.9 cm³/mol. The number of hydrogen-bond donors (Lipinski definition) is 0. The zero-order valence-corrected chi connectivity index (χ0v) is 12.4. The molecule has 0 saturated heterocycles. The second-order valence-corrected chi connectivity index (χ2v) is 4.46. The van der Waals surface area contributed by atoms with Crippen LogP contribution in [0.1, 0.15) is 26.3 Å². The average Bonchev–Trinajstić information content (AvgIpc) is 2.59. The highest BCUT2D eigenvalue weighted by Gasteiger charge is 2.13. The van der Waals surface area contributed by atoms with Crippen molar-refractivity contribution in [3.8, 4) is 5.75 Å². The van der Waals surface area contributed by atoms with Crippen LogP contribution in [0.3, 0.4) is 0 Å². The van der Waals surface area contributed by atoms with Gasteiger partial charge in [0, 0.05) is 0 Å². The number of methoxy groups -OCH3 is 2. The molecule has 0 unspecified atom stereocenters. The summed E-state index contributed by atoms with van der Waals surface area (Å²) in [6, 6.07) is 13.5. The Bertz CT molecular complexity index is 661. The van der Waals surface area contributed by atoms with Gasteiger partial charge < -0.3 is 14.2 Å². The fourth-order valence-electron chi connectivity index (χ4n) is 1.89. The lowest BCUT2D eigenvalue weighted by molar-refractivity contribution is 0.0468. The Kier molecular flexibility index (Phi) is 5.14. The third kappa shape index (κ3) is 3.63. The number of hydrogen-bond acceptors (Lipinski definition) is 5. The number of para-hydroxylation sites is 1. The molecular formula is C17H16O5. The van der Waals surface area contributed by atoms with Gasteiger partial charge in [0.05, 0.1) is 19.8 Å². The molecule has 0 heterocycles. The van der Waals surface area contributed by atoms with Crippen LogP contribution in [0.25, 0.3) is 0 Å². The molecule has 0 aliphatic heterocycles. The number of carbonyl (C=O) groups is 2. The standard InChI is InChI=1S/C17H16O5/c1-20-15-6-4-3-5-14(15)17(19)22-11-12-7-9-13(10-8-12)16(18)21-2/h3-10H,11H2,1-2H3. The Hall–Kier alpha value is -2.82. The number of esters is 2. The third-order valence-electron chi connectivity index (χ3n) is 3.07.